The van der Waals surface area contributed by atoms with Crippen LogP contribution >= 0.6 is 0 Å². The molecule has 0 saturated heterocycles. The second-order valence-corrected chi connectivity index (χ2v) is 2.82. The average Bonchev–Trinajstić information content (AvgIpc) is 2.04. The lowest BCUT2D eigenvalue weighted by Gasteiger charge is -2.06. The normalized spacial score (nSPS) is 12.5. The molecule has 1 N–H and O–H groups in total. The van der Waals surface area contributed by atoms with Gasteiger partial charge in [-0.3, -0.25) is 0 Å². The van der Waals surface area contributed by atoms with Gasteiger partial charge in [0.05, 0.1) is 12.9 Å². The summed E-state index contributed by atoms with van der Waals surface area (Å²) in [6.45, 7) is 6.54. The van der Waals surface area contributed by atoms with E-state index in [4.69, 9.17) is 9.84 Å². The van der Waals surface area contributed by atoms with Crippen molar-refractivity contribution in [1.29, 1.82) is 0 Å². The minimum absolute atomic E-state index is 0.294. The van der Waals surface area contributed by atoms with Crippen LogP contribution in [0, 0.1) is 5.92 Å². The molecule has 2 nitrogen and oxygen atoms in total. The highest BCUT2D eigenvalue weighted by Crippen LogP contribution is 2.06. The summed E-state index contributed by atoms with van der Waals surface area (Å²) in [5.41, 5.74) is 0. The fourth-order valence-electron chi connectivity index (χ4n) is 0.853. The molecule has 1 atom stereocenters. The van der Waals surface area contributed by atoms with E-state index < -0.39 is 0 Å². The highest BCUT2D eigenvalue weighted by Gasteiger charge is 1.98. The summed E-state index contributed by atoms with van der Waals surface area (Å²) in [6, 6.07) is 0. The van der Waals surface area contributed by atoms with Gasteiger partial charge in [-0.25, -0.2) is 0 Å². The van der Waals surface area contributed by atoms with Crippen LogP contribution < -0.4 is 0 Å². The Morgan fingerprint density at radius 2 is 2.27 bits per heavy atom. The molecule has 0 radical (unpaired) electrons. The van der Waals surface area contributed by atoms with Gasteiger partial charge in [0.15, 0.2) is 0 Å². The van der Waals surface area contributed by atoms with Gasteiger partial charge >= 0.3 is 0 Å². The van der Waals surface area contributed by atoms with E-state index in [-0.39, 0.29) is 0 Å². The Balaban J connectivity index is 2.95. The van der Waals surface area contributed by atoms with Crippen LogP contribution in [0.3, 0.4) is 0 Å². The van der Waals surface area contributed by atoms with Crippen molar-refractivity contribution in [2.45, 2.75) is 26.2 Å². The number of aliphatic hydroxyl groups is 1. The van der Waals surface area contributed by atoms with Crippen molar-refractivity contribution in [3.05, 3.63) is 12.8 Å². The predicted molar refractivity (Wildman–Crippen MR) is 46.2 cm³/mol. The van der Waals surface area contributed by atoms with Crippen LogP contribution in [0.1, 0.15) is 26.2 Å². The Labute approximate surface area is 68.9 Å². The van der Waals surface area contributed by atoms with E-state index in [1.807, 2.05) is 6.92 Å². The third-order valence-corrected chi connectivity index (χ3v) is 1.64. The summed E-state index contributed by atoms with van der Waals surface area (Å²) < 4.78 is 4.95. The van der Waals surface area contributed by atoms with Crippen LogP contribution in [0.4, 0.5) is 0 Å². The second-order valence-electron chi connectivity index (χ2n) is 2.82. The maximum Gasteiger partial charge on any atom is 0.0873 e. The van der Waals surface area contributed by atoms with E-state index in [1.54, 1.807) is 0 Å². The van der Waals surface area contributed by atoms with Crippen molar-refractivity contribution in [2.75, 3.05) is 13.2 Å². The number of hydrogen-bond donors (Lipinski definition) is 1. The summed E-state index contributed by atoms with van der Waals surface area (Å²) >= 11 is 0. The largest absolute Gasteiger partial charge is 0.502 e. The van der Waals surface area contributed by atoms with Crippen LogP contribution in [0.2, 0.25) is 0 Å². The van der Waals surface area contributed by atoms with E-state index in [2.05, 4.69) is 6.58 Å². The average molecular weight is 158 g/mol. The molecule has 0 heterocycles. The number of ether oxygens (including phenoxy) is 1. The topological polar surface area (TPSA) is 29.5 Å². The zero-order valence-electron chi connectivity index (χ0n) is 7.25. The number of rotatable bonds is 7. The Morgan fingerprint density at radius 1 is 1.55 bits per heavy atom. The lowest BCUT2D eigenvalue weighted by atomic mass is 10.1. The van der Waals surface area contributed by atoms with Crippen LogP contribution in [-0.4, -0.2) is 18.3 Å². The van der Waals surface area contributed by atoms with Crippen molar-refractivity contribution < 1.29 is 9.84 Å². The predicted octanol–water partition coefficient (Wildman–Crippen LogP) is 1.95. The molecule has 0 bridgehead atoms. The number of unbranched alkanes of at least 4 members (excludes halogenated alkanes) is 1. The monoisotopic (exact) mass is 158 g/mol. The van der Waals surface area contributed by atoms with E-state index >= 15 is 0 Å². The SMILES string of the molecule is C=COCCCCC(C)CO. The van der Waals surface area contributed by atoms with E-state index in [1.165, 1.54) is 6.26 Å². The fourth-order valence-corrected chi connectivity index (χ4v) is 0.853. The molecular weight excluding hydrogens is 140 g/mol. The van der Waals surface area contributed by atoms with Gasteiger partial charge in [0.1, 0.15) is 0 Å². The molecule has 2 heteroatoms. The van der Waals surface area contributed by atoms with E-state index in [0.717, 1.165) is 25.9 Å². The summed E-state index contributed by atoms with van der Waals surface area (Å²) in [4.78, 5) is 0. The van der Waals surface area contributed by atoms with Gasteiger partial charge in [-0.2, -0.15) is 0 Å². The van der Waals surface area contributed by atoms with Crippen molar-refractivity contribution >= 4 is 0 Å². The van der Waals surface area contributed by atoms with Crippen molar-refractivity contribution in [3.63, 3.8) is 0 Å². The van der Waals surface area contributed by atoms with Crippen LogP contribution in [0.15, 0.2) is 12.8 Å². The summed E-state index contributed by atoms with van der Waals surface area (Å²) in [5.74, 6) is 0.429. The first-order chi connectivity index (χ1) is 5.31. The molecule has 0 aliphatic heterocycles. The molecule has 66 valence electrons. The fraction of sp³-hybridized carbons (Fsp3) is 0.778. The van der Waals surface area contributed by atoms with Crippen LogP contribution in [0.25, 0.3) is 0 Å². The third-order valence-electron chi connectivity index (χ3n) is 1.64. The van der Waals surface area contributed by atoms with Gasteiger partial charge in [0, 0.05) is 6.61 Å². The molecule has 0 aromatic carbocycles. The van der Waals surface area contributed by atoms with Crippen molar-refractivity contribution in [3.8, 4) is 0 Å². The highest BCUT2D eigenvalue weighted by molar-refractivity contribution is 4.52. The minimum atomic E-state index is 0.294. The molecule has 11 heavy (non-hydrogen) atoms. The summed E-state index contributed by atoms with van der Waals surface area (Å²) in [7, 11) is 0. The quantitative estimate of drug-likeness (QED) is 0.453. The Kier molecular flexibility index (Phi) is 7.26. The lowest BCUT2D eigenvalue weighted by Crippen LogP contribution is -2.00. The zero-order valence-corrected chi connectivity index (χ0v) is 7.25. The molecule has 0 aromatic rings. The second kappa shape index (κ2) is 7.61. The molecule has 0 saturated carbocycles. The molecule has 0 spiro atoms. The first kappa shape index (κ1) is 10.5. The first-order valence-corrected chi connectivity index (χ1v) is 4.14. The van der Waals surface area contributed by atoms with Crippen molar-refractivity contribution in [1.82, 2.24) is 0 Å². The Hall–Kier alpha value is -0.500. The van der Waals surface area contributed by atoms with Crippen LogP contribution in [0.5, 0.6) is 0 Å². The number of hydrogen-bond acceptors (Lipinski definition) is 2. The molecule has 0 rings (SSSR count). The van der Waals surface area contributed by atoms with E-state index in [9.17, 15) is 0 Å². The molecule has 0 amide bonds. The van der Waals surface area contributed by atoms with Gasteiger partial charge in [-0.1, -0.05) is 13.5 Å². The molecule has 0 fully saturated rings. The van der Waals surface area contributed by atoms with Gasteiger partial charge in [-0.05, 0) is 25.2 Å². The maximum absolute atomic E-state index is 8.69. The maximum atomic E-state index is 8.69. The number of aliphatic hydroxyl groups excluding tert-OH is 1. The third kappa shape index (κ3) is 7.40. The van der Waals surface area contributed by atoms with Gasteiger partial charge in [-0.15, -0.1) is 0 Å². The summed E-state index contributed by atoms with van der Waals surface area (Å²) in [6.07, 6.45) is 4.72. The molecule has 0 aliphatic carbocycles. The Bertz CT molecular complexity index is 91.6. The molecular formula is C9H18O2. The van der Waals surface area contributed by atoms with Gasteiger partial charge in [0.25, 0.3) is 0 Å². The van der Waals surface area contributed by atoms with E-state index in [0.29, 0.717) is 12.5 Å². The smallest absolute Gasteiger partial charge is 0.0873 e. The zero-order chi connectivity index (χ0) is 8.53. The molecule has 0 aromatic heterocycles. The molecule has 1 unspecified atom stereocenters. The first-order valence-electron chi connectivity index (χ1n) is 4.14. The highest BCUT2D eigenvalue weighted by atomic mass is 16.5. The minimum Gasteiger partial charge on any atom is -0.502 e. The van der Waals surface area contributed by atoms with Gasteiger partial charge in [0.2, 0.25) is 0 Å². The summed E-state index contributed by atoms with van der Waals surface area (Å²) in [5, 5.41) is 8.69. The van der Waals surface area contributed by atoms with Crippen LogP contribution in [-0.2, 0) is 4.74 Å². The lowest BCUT2D eigenvalue weighted by molar-refractivity contribution is 0.213. The van der Waals surface area contributed by atoms with Crippen molar-refractivity contribution in [2.24, 2.45) is 5.92 Å². The molecule has 0 aliphatic rings. The van der Waals surface area contributed by atoms with Gasteiger partial charge < -0.3 is 9.84 Å². The Morgan fingerprint density at radius 3 is 2.82 bits per heavy atom. The standard InChI is InChI=1S/C9H18O2/c1-3-11-7-5-4-6-9(2)8-10/h3,9-10H,1,4-8H2,2H3.